The fourth-order valence-corrected chi connectivity index (χ4v) is 5.13. The summed E-state index contributed by atoms with van der Waals surface area (Å²) in [5.41, 5.74) is 4.39. The van der Waals surface area contributed by atoms with E-state index in [1.54, 1.807) is 0 Å². The molecule has 0 radical (unpaired) electrons. The minimum Gasteiger partial charge on any atom is -0.356 e. The van der Waals surface area contributed by atoms with Crippen LogP contribution < -0.4 is 5.32 Å². The average molecular weight is 552 g/mol. The van der Waals surface area contributed by atoms with E-state index in [4.69, 9.17) is 16.6 Å². The van der Waals surface area contributed by atoms with Crippen molar-refractivity contribution in [2.45, 2.75) is 25.8 Å². The van der Waals surface area contributed by atoms with Gasteiger partial charge in [-0.05, 0) is 86.4 Å². The smallest absolute Gasteiger partial charge is 0.223 e. The number of nitrogens with one attached hydrogen (secondary N) is 1. The summed E-state index contributed by atoms with van der Waals surface area (Å²) in [5, 5.41) is 3.86. The molecule has 0 unspecified atom stereocenters. The van der Waals surface area contributed by atoms with Gasteiger partial charge in [0.15, 0.2) is 0 Å². The van der Waals surface area contributed by atoms with E-state index in [1.165, 1.54) is 5.56 Å². The minimum absolute atomic E-state index is 0.0711. The van der Waals surface area contributed by atoms with Crippen LogP contribution in [0.25, 0.3) is 16.7 Å². The molecule has 2 heterocycles. The molecule has 5 nitrogen and oxygen atoms in total. The number of fused-ring (bicyclic) bond motifs is 1. The van der Waals surface area contributed by atoms with Crippen molar-refractivity contribution in [1.29, 1.82) is 0 Å². The maximum Gasteiger partial charge on any atom is 0.223 e. The van der Waals surface area contributed by atoms with Crippen LogP contribution in [0.15, 0.2) is 77.3 Å². The molecule has 1 N–H and O–H groups in total. The molecule has 1 aliphatic heterocycles. The molecule has 0 spiro atoms. The van der Waals surface area contributed by atoms with Crippen LogP contribution in [0.1, 0.15) is 24.2 Å². The van der Waals surface area contributed by atoms with Gasteiger partial charge in [0.2, 0.25) is 5.91 Å². The van der Waals surface area contributed by atoms with E-state index in [0.717, 1.165) is 70.9 Å². The van der Waals surface area contributed by atoms with E-state index in [0.29, 0.717) is 6.54 Å². The van der Waals surface area contributed by atoms with Crippen molar-refractivity contribution in [3.8, 4) is 5.69 Å². The molecule has 1 aliphatic rings. The van der Waals surface area contributed by atoms with Gasteiger partial charge in [0, 0.05) is 27.6 Å². The SMILES string of the molecule is O=C(NCCc1ccc(Cl)cc1)C1CCN(Cc2nc3ccccc3n2-c2ccc(Br)cc2)CC1. The predicted octanol–water partition coefficient (Wildman–Crippen LogP) is 6.01. The van der Waals surface area contributed by atoms with Crippen LogP contribution in [-0.2, 0) is 17.8 Å². The minimum atomic E-state index is 0.0711. The molecule has 1 fully saturated rings. The Morgan fingerprint density at radius 3 is 2.46 bits per heavy atom. The van der Waals surface area contributed by atoms with Crippen LogP contribution in [0.3, 0.4) is 0 Å². The van der Waals surface area contributed by atoms with Crippen molar-refractivity contribution in [3.63, 3.8) is 0 Å². The van der Waals surface area contributed by atoms with Gasteiger partial charge in [-0.25, -0.2) is 4.98 Å². The predicted molar refractivity (Wildman–Crippen MR) is 145 cm³/mol. The number of likely N-dealkylation sites (tertiary alicyclic amines) is 1. The summed E-state index contributed by atoms with van der Waals surface area (Å²) < 4.78 is 3.30. The third-order valence-corrected chi connectivity index (χ3v) is 7.45. The molecule has 0 aliphatic carbocycles. The first-order valence-corrected chi connectivity index (χ1v) is 13.2. The van der Waals surface area contributed by atoms with Crippen molar-refractivity contribution in [1.82, 2.24) is 19.8 Å². The highest BCUT2D eigenvalue weighted by Gasteiger charge is 2.26. The van der Waals surface area contributed by atoms with Gasteiger partial charge in [0.05, 0.1) is 17.6 Å². The Bertz CT molecular complexity index is 1300. The molecule has 0 bridgehead atoms. The third kappa shape index (κ3) is 5.77. The number of imidazole rings is 1. The fourth-order valence-electron chi connectivity index (χ4n) is 4.74. The lowest BCUT2D eigenvalue weighted by Crippen LogP contribution is -2.41. The Balaban J connectivity index is 1.19. The van der Waals surface area contributed by atoms with Crippen LogP contribution in [0.5, 0.6) is 0 Å². The van der Waals surface area contributed by atoms with Crippen LogP contribution in [-0.4, -0.2) is 40.0 Å². The lowest BCUT2D eigenvalue weighted by atomic mass is 9.96. The van der Waals surface area contributed by atoms with Gasteiger partial charge in [0.1, 0.15) is 5.82 Å². The van der Waals surface area contributed by atoms with Gasteiger partial charge in [-0.2, -0.15) is 0 Å². The Morgan fingerprint density at radius 1 is 1.00 bits per heavy atom. The molecule has 0 saturated carbocycles. The molecular weight excluding hydrogens is 524 g/mol. The summed E-state index contributed by atoms with van der Waals surface area (Å²) in [6.07, 6.45) is 2.55. The summed E-state index contributed by atoms with van der Waals surface area (Å²) in [7, 11) is 0. The zero-order chi connectivity index (χ0) is 24.2. The average Bonchev–Trinajstić information content (AvgIpc) is 3.24. The molecular formula is C28H28BrClN4O. The molecule has 5 rings (SSSR count). The number of hydrogen-bond donors (Lipinski definition) is 1. The zero-order valence-electron chi connectivity index (χ0n) is 19.5. The second-order valence-electron chi connectivity index (χ2n) is 9.05. The van der Waals surface area contributed by atoms with E-state index >= 15 is 0 Å². The van der Waals surface area contributed by atoms with Crippen LogP contribution in [0.2, 0.25) is 5.02 Å². The van der Waals surface area contributed by atoms with Crippen molar-refractivity contribution in [2.24, 2.45) is 5.92 Å². The number of nitrogens with zero attached hydrogens (tertiary/aromatic N) is 3. The van der Waals surface area contributed by atoms with E-state index in [9.17, 15) is 4.79 Å². The molecule has 7 heteroatoms. The highest BCUT2D eigenvalue weighted by molar-refractivity contribution is 9.10. The van der Waals surface area contributed by atoms with E-state index in [-0.39, 0.29) is 11.8 Å². The number of aromatic nitrogens is 2. The van der Waals surface area contributed by atoms with Gasteiger partial charge >= 0.3 is 0 Å². The molecule has 1 aromatic heterocycles. The molecule has 35 heavy (non-hydrogen) atoms. The Kier molecular flexibility index (Phi) is 7.51. The number of carbonyl (C=O) groups is 1. The van der Waals surface area contributed by atoms with Crippen LogP contribution in [0, 0.1) is 5.92 Å². The lowest BCUT2D eigenvalue weighted by molar-refractivity contribution is -0.126. The second kappa shape index (κ2) is 10.9. The summed E-state index contributed by atoms with van der Waals surface area (Å²) in [4.78, 5) is 20.1. The van der Waals surface area contributed by atoms with E-state index in [2.05, 4.69) is 73.2 Å². The second-order valence-corrected chi connectivity index (χ2v) is 10.4. The first-order valence-electron chi connectivity index (χ1n) is 12.0. The molecule has 1 saturated heterocycles. The largest absolute Gasteiger partial charge is 0.356 e. The van der Waals surface area contributed by atoms with Crippen molar-refractivity contribution in [3.05, 3.63) is 93.7 Å². The first-order chi connectivity index (χ1) is 17.1. The first kappa shape index (κ1) is 24.0. The quantitative estimate of drug-likeness (QED) is 0.306. The number of rotatable bonds is 7. The number of benzene rings is 3. The number of piperidine rings is 1. The fraction of sp³-hybridized carbons (Fsp3) is 0.286. The van der Waals surface area contributed by atoms with Crippen LogP contribution >= 0.6 is 27.5 Å². The Hall–Kier alpha value is -2.67. The summed E-state index contributed by atoms with van der Waals surface area (Å²) in [6.45, 7) is 3.19. The molecule has 3 aromatic carbocycles. The third-order valence-electron chi connectivity index (χ3n) is 6.66. The van der Waals surface area contributed by atoms with Gasteiger partial charge in [-0.1, -0.05) is 51.8 Å². The zero-order valence-corrected chi connectivity index (χ0v) is 21.8. The number of hydrogen-bond acceptors (Lipinski definition) is 3. The van der Waals surface area contributed by atoms with Gasteiger partial charge in [-0.15, -0.1) is 0 Å². The Labute approximate surface area is 219 Å². The molecule has 1 amide bonds. The summed E-state index contributed by atoms with van der Waals surface area (Å²) in [5.74, 6) is 1.27. The van der Waals surface area contributed by atoms with E-state index in [1.807, 2.05) is 30.3 Å². The molecule has 4 aromatic rings. The normalized spacial score (nSPS) is 14.9. The highest BCUT2D eigenvalue weighted by Crippen LogP contribution is 2.25. The topological polar surface area (TPSA) is 50.2 Å². The van der Waals surface area contributed by atoms with Gasteiger partial charge in [-0.3, -0.25) is 14.3 Å². The highest BCUT2D eigenvalue weighted by atomic mass is 79.9. The lowest BCUT2D eigenvalue weighted by Gasteiger charge is -2.31. The number of carbonyl (C=O) groups excluding carboxylic acids is 1. The van der Waals surface area contributed by atoms with Gasteiger partial charge in [0.25, 0.3) is 0 Å². The summed E-state index contributed by atoms with van der Waals surface area (Å²) in [6, 6.07) is 24.4. The number of amides is 1. The van der Waals surface area contributed by atoms with E-state index < -0.39 is 0 Å². The number of halogens is 2. The monoisotopic (exact) mass is 550 g/mol. The summed E-state index contributed by atoms with van der Waals surface area (Å²) >= 11 is 9.48. The van der Waals surface area contributed by atoms with Crippen molar-refractivity contribution < 1.29 is 4.79 Å². The van der Waals surface area contributed by atoms with Crippen LogP contribution in [0.4, 0.5) is 0 Å². The maximum absolute atomic E-state index is 12.7. The van der Waals surface area contributed by atoms with Gasteiger partial charge < -0.3 is 5.32 Å². The molecule has 0 atom stereocenters. The van der Waals surface area contributed by atoms with Crippen molar-refractivity contribution >= 4 is 44.5 Å². The maximum atomic E-state index is 12.7. The number of para-hydroxylation sites is 2. The Morgan fingerprint density at radius 2 is 1.71 bits per heavy atom. The molecule has 180 valence electrons. The van der Waals surface area contributed by atoms with Crippen molar-refractivity contribution in [2.75, 3.05) is 19.6 Å². The standard InChI is InChI=1S/C28H28BrClN4O/c29-22-7-11-24(12-8-22)34-26-4-2-1-3-25(26)32-27(34)19-33-17-14-21(15-18-33)28(35)31-16-13-20-5-9-23(30)10-6-20/h1-12,21H,13-19H2,(H,31,35).